The maximum Gasteiger partial charge on any atom is 0.326 e. The lowest BCUT2D eigenvalue weighted by molar-refractivity contribution is -0.139. The SMILES string of the molecule is CCCC(NC(=O)c1coc(S(=O)(=O)N(C)C)c1)C(=O)O. The Hall–Kier alpha value is -1.87. The quantitative estimate of drug-likeness (QED) is 0.756. The van der Waals surface area contributed by atoms with E-state index in [0.717, 1.165) is 16.6 Å². The molecule has 0 bridgehead atoms. The summed E-state index contributed by atoms with van der Waals surface area (Å²) in [5.41, 5.74) is -0.0437. The molecule has 0 aromatic carbocycles. The zero-order chi connectivity index (χ0) is 16.2. The average Bonchev–Trinajstić information content (AvgIpc) is 2.87. The largest absolute Gasteiger partial charge is 0.480 e. The van der Waals surface area contributed by atoms with Crippen LogP contribution in [0.15, 0.2) is 21.8 Å². The van der Waals surface area contributed by atoms with Gasteiger partial charge in [0.15, 0.2) is 0 Å². The second-order valence-electron chi connectivity index (χ2n) is 4.59. The number of nitrogens with one attached hydrogen (secondary N) is 1. The number of carboxylic acid groups (broad SMARTS) is 1. The fourth-order valence-corrected chi connectivity index (χ4v) is 2.34. The Labute approximate surface area is 122 Å². The van der Waals surface area contributed by atoms with Crippen LogP contribution in [0.25, 0.3) is 0 Å². The molecule has 8 nitrogen and oxygen atoms in total. The molecule has 0 radical (unpaired) electrons. The molecular formula is C12H18N2O6S. The Bertz CT molecular complexity index is 619. The summed E-state index contributed by atoms with van der Waals surface area (Å²) in [6.07, 6.45) is 1.85. The number of carbonyl (C=O) groups is 2. The lowest BCUT2D eigenvalue weighted by Crippen LogP contribution is -2.40. The maximum absolute atomic E-state index is 11.9. The molecule has 0 aliphatic rings. The van der Waals surface area contributed by atoms with Gasteiger partial charge >= 0.3 is 5.97 Å². The summed E-state index contributed by atoms with van der Waals surface area (Å²) in [7, 11) is -1.11. The van der Waals surface area contributed by atoms with Gasteiger partial charge in [-0.2, -0.15) is 0 Å². The normalized spacial score (nSPS) is 13.1. The van der Waals surface area contributed by atoms with Gasteiger partial charge in [-0.3, -0.25) is 4.79 Å². The molecule has 0 saturated heterocycles. The summed E-state index contributed by atoms with van der Waals surface area (Å²) >= 11 is 0. The van der Waals surface area contributed by atoms with Gasteiger partial charge in [-0.25, -0.2) is 17.5 Å². The summed E-state index contributed by atoms with van der Waals surface area (Å²) in [5.74, 6) is -1.84. The maximum atomic E-state index is 11.9. The van der Waals surface area contributed by atoms with Crippen molar-refractivity contribution < 1.29 is 27.5 Å². The van der Waals surface area contributed by atoms with Gasteiger partial charge in [0.1, 0.15) is 12.3 Å². The molecule has 0 aliphatic carbocycles. The second kappa shape index (κ2) is 6.72. The van der Waals surface area contributed by atoms with Gasteiger partial charge in [0.25, 0.3) is 15.9 Å². The Morgan fingerprint density at radius 1 is 1.43 bits per heavy atom. The number of aliphatic carboxylic acids is 1. The molecule has 2 N–H and O–H groups in total. The lowest BCUT2D eigenvalue weighted by Gasteiger charge is -2.12. The van der Waals surface area contributed by atoms with E-state index in [1.165, 1.54) is 14.1 Å². The van der Waals surface area contributed by atoms with E-state index in [4.69, 9.17) is 9.52 Å². The average molecular weight is 318 g/mol. The minimum Gasteiger partial charge on any atom is -0.480 e. The highest BCUT2D eigenvalue weighted by Gasteiger charge is 2.25. The lowest BCUT2D eigenvalue weighted by atomic mass is 10.1. The number of nitrogens with zero attached hydrogens (tertiary/aromatic N) is 1. The van der Waals surface area contributed by atoms with Crippen LogP contribution in [0.2, 0.25) is 0 Å². The van der Waals surface area contributed by atoms with E-state index in [2.05, 4.69) is 5.32 Å². The van der Waals surface area contributed by atoms with Crippen LogP contribution in [0.4, 0.5) is 0 Å². The Balaban J connectivity index is 2.91. The third kappa shape index (κ3) is 4.05. The van der Waals surface area contributed by atoms with Crippen LogP contribution in [-0.4, -0.2) is 49.8 Å². The zero-order valence-corrected chi connectivity index (χ0v) is 12.8. The van der Waals surface area contributed by atoms with E-state index >= 15 is 0 Å². The number of carbonyl (C=O) groups excluding carboxylic acids is 1. The number of hydrogen-bond donors (Lipinski definition) is 2. The number of carboxylic acids is 1. The molecule has 9 heteroatoms. The molecule has 0 aliphatic heterocycles. The standard InChI is InChI=1S/C12H18N2O6S/c1-4-5-9(12(16)17)13-11(15)8-6-10(20-7-8)21(18,19)14(2)3/h6-7,9H,4-5H2,1-3H3,(H,13,15)(H,16,17). The highest BCUT2D eigenvalue weighted by molar-refractivity contribution is 7.88. The molecule has 0 fully saturated rings. The van der Waals surface area contributed by atoms with Crippen molar-refractivity contribution in [3.8, 4) is 0 Å². The van der Waals surface area contributed by atoms with Crippen molar-refractivity contribution in [2.24, 2.45) is 0 Å². The third-order valence-corrected chi connectivity index (χ3v) is 4.44. The smallest absolute Gasteiger partial charge is 0.326 e. The van der Waals surface area contributed by atoms with Crippen molar-refractivity contribution in [2.75, 3.05) is 14.1 Å². The fourth-order valence-electron chi connectivity index (χ4n) is 1.54. The summed E-state index contributed by atoms with van der Waals surface area (Å²) in [6.45, 7) is 1.79. The van der Waals surface area contributed by atoms with E-state index in [-0.39, 0.29) is 17.1 Å². The van der Waals surface area contributed by atoms with Crippen LogP contribution < -0.4 is 5.32 Å². The molecule has 21 heavy (non-hydrogen) atoms. The van der Waals surface area contributed by atoms with Crippen molar-refractivity contribution >= 4 is 21.9 Å². The predicted molar refractivity (Wildman–Crippen MR) is 73.4 cm³/mol. The molecule has 1 aromatic rings. The summed E-state index contributed by atoms with van der Waals surface area (Å²) in [5, 5.41) is 10.9. The first-order valence-electron chi connectivity index (χ1n) is 6.24. The number of hydrogen-bond acceptors (Lipinski definition) is 5. The molecule has 0 saturated carbocycles. The fraction of sp³-hybridized carbons (Fsp3) is 0.500. The third-order valence-electron chi connectivity index (χ3n) is 2.75. The van der Waals surface area contributed by atoms with Gasteiger partial charge in [-0.1, -0.05) is 13.3 Å². The van der Waals surface area contributed by atoms with Crippen LogP contribution in [-0.2, 0) is 14.8 Å². The molecule has 1 unspecified atom stereocenters. The second-order valence-corrected chi connectivity index (χ2v) is 6.68. The van der Waals surface area contributed by atoms with Crippen molar-refractivity contribution in [3.05, 3.63) is 17.9 Å². The molecule has 118 valence electrons. The van der Waals surface area contributed by atoms with Gasteiger partial charge in [-0.15, -0.1) is 0 Å². The van der Waals surface area contributed by atoms with E-state index in [1.807, 2.05) is 0 Å². The van der Waals surface area contributed by atoms with E-state index in [1.54, 1.807) is 6.92 Å². The Kier molecular flexibility index (Phi) is 5.50. The Morgan fingerprint density at radius 2 is 2.05 bits per heavy atom. The van der Waals surface area contributed by atoms with Gasteiger partial charge < -0.3 is 14.8 Å². The van der Waals surface area contributed by atoms with Crippen LogP contribution >= 0.6 is 0 Å². The minimum atomic E-state index is -3.77. The first kappa shape index (κ1) is 17.2. The molecule has 1 aromatic heterocycles. The van der Waals surface area contributed by atoms with Crippen molar-refractivity contribution in [2.45, 2.75) is 30.9 Å². The number of furan rings is 1. The van der Waals surface area contributed by atoms with Crippen molar-refractivity contribution in [3.63, 3.8) is 0 Å². The van der Waals surface area contributed by atoms with E-state index < -0.39 is 27.9 Å². The first-order valence-corrected chi connectivity index (χ1v) is 7.68. The van der Waals surface area contributed by atoms with Crippen LogP contribution in [0.5, 0.6) is 0 Å². The number of rotatable bonds is 7. The molecule has 1 rings (SSSR count). The van der Waals surface area contributed by atoms with E-state index in [9.17, 15) is 18.0 Å². The Morgan fingerprint density at radius 3 is 2.52 bits per heavy atom. The molecular weight excluding hydrogens is 300 g/mol. The molecule has 1 amide bonds. The topological polar surface area (TPSA) is 117 Å². The van der Waals surface area contributed by atoms with Gasteiger partial charge in [0, 0.05) is 20.2 Å². The zero-order valence-electron chi connectivity index (χ0n) is 12.0. The molecule has 1 atom stereocenters. The summed E-state index contributed by atoms with van der Waals surface area (Å²) < 4.78 is 29.4. The molecule has 0 spiro atoms. The van der Waals surface area contributed by atoms with Crippen molar-refractivity contribution in [1.29, 1.82) is 0 Å². The predicted octanol–water partition coefficient (Wildman–Crippen LogP) is 0.513. The summed E-state index contributed by atoms with van der Waals surface area (Å²) in [4.78, 5) is 22.9. The van der Waals surface area contributed by atoms with Crippen LogP contribution in [0.1, 0.15) is 30.1 Å². The highest BCUT2D eigenvalue weighted by Crippen LogP contribution is 2.17. The first-order chi connectivity index (χ1) is 9.70. The monoisotopic (exact) mass is 318 g/mol. The number of sulfonamides is 1. The van der Waals surface area contributed by atoms with Gasteiger partial charge in [0.2, 0.25) is 5.09 Å². The van der Waals surface area contributed by atoms with Crippen LogP contribution in [0, 0.1) is 0 Å². The minimum absolute atomic E-state index is 0.0437. The summed E-state index contributed by atoms with van der Waals surface area (Å²) in [6, 6.07) is 0.0431. The molecule has 1 heterocycles. The number of amides is 1. The van der Waals surface area contributed by atoms with Gasteiger partial charge in [0.05, 0.1) is 5.56 Å². The van der Waals surface area contributed by atoms with Gasteiger partial charge in [-0.05, 0) is 6.42 Å². The van der Waals surface area contributed by atoms with E-state index in [0.29, 0.717) is 6.42 Å². The highest BCUT2D eigenvalue weighted by atomic mass is 32.2. The van der Waals surface area contributed by atoms with Crippen LogP contribution in [0.3, 0.4) is 0 Å². The van der Waals surface area contributed by atoms with Crippen molar-refractivity contribution in [1.82, 2.24) is 9.62 Å².